The zero-order chi connectivity index (χ0) is 17.1. The van der Waals surface area contributed by atoms with E-state index in [-0.39, 0.29) is 17.9 Å². The molecule has 0 saturated heterocycles. The van der Waals surface area contributed by atoms with Gasteiger partial charge in [-0.1, -0.05) is 18.6 Å². The van der Waals surface area contributed by atoms with Crippen molar-refractivity contribution in [3.05, 3.63) is 29.8 Å². The van der Waals surface area contributed by atoms with Crippen LogP contribution in [0.2, 0.25) is 0 Å². The Morgan fingerprint density at radius 2 is 2.04 bits per heavy atom. The van der Waals surface area contributed by atoms with Gasteiger partial charge in [0.15, 0.2) is 0 Å². The summed E-state index contributed by atoms with van der Waals surface area (Å²) in [7, 11) is 1.68. The lowest BCUT2D eigenvalue weighted by Crippen LogP contribution is -2.50. The fourth-order valence-electron chi connectivity index (χ4n) is 4.57. The van der Waals surface area contributed by atoms with Gasteiger partial charge in [0.2, 0.25) is 5.91 Å². The maximum absolute atomic E-state index is 12.7. The summed E-state index contributed by atoms with van der Waals surface area (Å²) in [4.78, 5) is 12.7. The lowest BCUT2D eigenvalue weighted by molar-refractivity contribution is -0.128. The minimum absolute atomic E-state index is 0.125. The fraction of sp³-hybridized carbons (Fsp3) is 0.650. The van der Waals surface area contributed by atoms with E-state index in [0.717, 1.165) is 25.0 Å². The molecule has 2 saturated carbocycles. The average molecular weight is 330 g/mol. The van der Waals surface area contributed by atoms with Gasteiger partial charge in [0, 0.05) is 18.0 Å². The van der Waals surface area contributed by atoms with Crippen LogP contribution in [0.15, 0.2) is 24.3 Å². The average Bonchev–Trinajstić information content (AvgIpc) is 2.54. The van der Waals surface area contributed by atoms with Crippen LogP contribution < -0.4 is 15.8 Å². The SMILES string of the molecule is COc1cccc(CC(C)NC(=O)C2CC3CCCC(C2)C3N)c1. The minimum Gasteiger partial charge on any atom is -0.497 e. The van der Waals surface area contributed by atoms with E-state index in [2.05, 4.69) is 18.3 Å². The van der Waals surface area contributed by atoms with Crippen molar-refractivity contribution in [2.75, 3.05) is 7.11 Å². The van der Waals surface area contributed by atoms with Gasteiger partial charge < -0.3 is 15.8 Å². The highest BCUT2D eigenvalue weighted by molar-refractivity contribution is 5.79. The second-order valence-corrected chi connectivity index (χ2v) is 7.66. The van der Waals surface area contributed by atoms with Crippen LogP contribution in [-0.2, 0) is 11.2 Å². The van der Waals surface area contributed by atoms with Gasteiger partial charge in [0.25, 0.3) is 0 Å². The molecule has 0 radical (unpaired) electrons. The molecule has 3 N–H and O–H groups in total. The van der Waals surface area contributed by atoms with Gasteiger partial charge in [-0.15, -0.1) is 0 Å². The molecule has 1 aromatic carbocycles. The van der Waals surface area contributed by atoms with Crippen molar-refractivity contribution in [2.24, 2.45) is 23.5 Å². The second kappa shape index (κ2) is 7.56. The van der Waals surface area contributed by atoms with Gasteiger partial charge in [-0.25, -0.2) is 0 Å². The van der Waals surface area contributed by atoms with Crippen molar-refractivity contribution in [1.29, 1.82) is 0 Å². The molecule has 0 aromatic heterocycles. The second-order valence-electron chi connectivity index (χ2n) is 7.66. The quantitative estimate of drug-likeness (QED) is 0.872. The Labute approximate surface area is 145 Å². The molecule has 3 rings (SSSR count). The summed E-state index contributed by atoms with van der Waals surface area (Å²) in [6.07, 6.45) is 6.43. The molecule has 3 atom stereocenters. The summed E-state index contributed by atoms with van der Waals surface area (Å²) < 4.78 is 5.27. The van der Waals surface area contributed by atoms with Crippen molar-refractivity contribution in [3.8, 4) is 5.75 Å². The third-order valence-corrected chi connectivity index (χ3v) is 5.85. The van der Waals surface area contributed by atoms with Crippen LogP contribution >= 0.6 is 0 Å². The molecule has 0 spiro atoms. The van der Waals surface area contributed by atoms with Crippen molar-refractivity contribution < 1.29 is 9.53 Å². The molecule has 0 aliphatic heterocycles. The van der Waals surface area contributed by atoms with Crippen LogP contribution in [0.4, 0.5) is 0 Å². The van der Waals surface area contributed by atoms with Crippen molar-refractivity contribution >= 4 is 5.91 Å². The largest absolute Gasteiger partial charge is 0.497 e. The van der Waals surface area contributed by atoms with E-state index >= 15 is 0 Å². The van der Waals surface area contributed by atoms with E-state index in [1.807, 2.05) is 18.2 Å². The molecular formula is C20H30N2O2. The maximum Gasteiger partial charge on any atom is 0.223 e. The number of hydrogen-bond acceptors (Lipinski definition) is 3. The first kappa shape index (κ1) is 17.3. The van der Waals surface area contributed by atoms with Crippen LogP contribution in [-0.4, -0.2) is 25.1 Å². The summed E-state index contributed by atoms with van der Waals surface area (Å²) in [6.45, 7) is 2.08. The highest BCUT2D eigenvalue weighted by Gasteiger charge is 2.40. The zero-order valence-corrected chi connectivity index (χ0v) is 14.8. The highest BCUT2D eigenvalue weighted by atomic mass is 16.5. The van der Waals surface area contributed by atoms with Gasteiger partial charge in [-0.05, 0) is 68.6 Å². The van der Waals surface area contributed by atoms with Crippen LogP contribution in [0.1, 0.15) is 44.6 Å². The smallest absolute Gasteiger partial charge is 0.223 e. The number of carbonyl (C=O) groups excluding carboxylic acids is 1. The predicted molar refractivity (Wildman–Crippen MR) is 95.8 cm³/mol. The zero-order valence-electron chi connectivity index (χ0n) is 14.8. The van der Waals surface area contributed by atoms with E-state index < -0.39 is 0 Å². The Hall–Kier alpha value is -1.55. The van der Waals surface area contributed by atoms with Crippen LogP contribution in [0.25, 0.3) is 0 Å². The molecule has 2 aliphatic carbocycles. The molecule has 0 heterocycles. The van der Waals surface area contributed by atoms with Crippen molar-refractivity contribution in [3.63, 3.8) is 0 Å². The molecule has 2 fully saturated rings. The van der Waals surface area contributed by atoms with Gasteiger partial charge in [0.1, 0.15) is 5.75 Å². The molecule has 4 nitrogen and oxygen atoms in total. The number of fused-ring (bicyclic) bond motifs is 2. The highest BCUT2D eigenvalue weighted by Crippen LogP contribution is 2.41. The summed E-state index contributed by atoms with van der Waals surface area (Å²) >= 11 is 0. The summed E-state index contributed by atoms with van der Waals surface area (Å²) in [5.41, 5.74) is 7.52. The fourth-order valence-corrected chi connectivity index (χ4v) is 4.57. The van der Waals surface area contributed by atoms with E-state index in [1.54, 1.807) is 7.11 Å². The topological polar surface area (TPSA) is 64.3 Å². The Bertz CT molecular complexity index is 561. The number of ether oxygens (including phenoxy) is 1. The molecule has 1 aromatic rings. The maximum atomic E-state index is 12.7. The van der Waals surface area contributed by atoms with Gasteiger partial charge in [-0.2, -0.15) is 0 Å². The van der Waals surface area contributed by atoms with E-state index in [4.69, 9.17) is 10.5 Å². The lowest BCUT2D eigenvalue weighted by atomic mass is 9.65. The lowest BCUT2D eigenvalue weighted by Gasteiger charge is -2.43. The monoisotopic (exact) mass is 330 g/mol. The summed E-state index contributed by atoms with van der Waals surface area (Å²) in [5.74, 6) is 2.31. The first-order valence-corrected chi connectivity index (χ1v) is 9.25. The van der Waals surface area contributed by atoms with Crippen LogP contribution in [0, 0.1) is 17.8 Å². The molecule has 1 amide bonds. The molecule has 132 valence electrons. The number of amides is 1. The first-order valence-electron chi connectivity index (χ1n) is 9.25. The number of rotatable bonds is 5. The number of carbonyl (C=O) groups is 1. The number of nitrogens with one attached hydrogen (secondary N) is 1. The van der Waals surface area contributed by atoms with Crippen molar-refractivity contribution in [1.82, 2.24) is 5.32 Å². The third-order valence-electron chi connectivity index (χ3n) is 5.85. The Morgan fingerprint density at radius 1 is 1.33 bits per heavy atom. The standard InChI is InChI=1S/C20H30N2O2/c1-13(9-14-5-3-8-18(10-14)24-2)22-20(23)17-11-15-6-4-7-16(12-17)19(15)21/h3,5,8,10,13,15-17,19H,4,6-7,9,11-12,21H2,1-2H3,(H,22,23). The molecular weight excluding hydrogens is 300 g/mol. The Kier molecular flexibility index (Phi) is 5.44. The molecule has 2 bridgehead atoms. The number of benzene rings is 1. The van der Waals surface area contributed by atoms with Gasteiger partial charge >= 0.3 is 0 Å². The van der Waals surface area contributed by atoms with Crippen molar-refractivity contribution in [2.45, 2.75) is 57.5 Å². The van der Waals surface area contributed by atoms with Crippen LogP contribution in [0.5, 0.6) is 5.75 Å². The van der Waals surface area contributed by atoms with Crippen LogP contribution in [0.3, 0.4) is 0 Å². The summed E-state index contributed by atoms with van der Waals surface area (Å²) in [6, 6.07) is 8.49. The predicted octanol–water partition coefficient (Wildman–Crippen LogP) is 2.90. The van der Waals surface area contributed by atoms with E-state index in [1.165, 1.54) is 24.8 Å². The number of methoxy groups -OCH3 is 1. The van der Waals surface area contributed by atoms with E-state index in [0.29, 0.717) is 17.9 Å². The Morgan fingerprint density at radius 3 is 2.71 bits per heavy atom. The number of hydrogen-bond donors (Lipinski definition) is 2. The first-order chi connectivity index (χ1) is 11.6. The molecule has 24 heavy (non-hydrogen) atoms. The number of nitrogens with two attached hydrogens (primary N) is 1. The molecule has 3 unspecified atom stereocenters. The Balaban J connectivity index is 1.54. The molecule has 4 heteroatoms. The normalized spacial score (nSPS) is 30.5. The summed E-state index contributed by atoms with van der Waals surface area (Å²) in [5, 5.41) is 3.22. The third kappa shape index (κ3) is 3.92. The molecule has 2 aliphatic rings. The van der Waals surface area contributed by atoms with Gasteiger partial charge in [-0.3, -0.25) is 4.79 Å². The van der Waals surface area contributed by atoms with E-state index in [9.17, 15) is 4.79 Å². The minimum atomic E-state index is 0.125. The van der Waals surface area contributed by atoms with Gasteiger partial charge in [0.05, 0.1) is 7.11 Å².